The topological polar surface area (TPSA) is 32.3 Å². The summed E-state index contributed by atoms with van der Waals surface area (Å²) in [7, 11) is 0. The lowest BCUT2D eigenvalue weighted by Gasteiger charge is -2.31. The number of halogens is 2. The number of nitrogens with zero attached hydrogens (tertiary/aromatic N) is 1. The van der Waals surface area contributed by atoms with E-state index in [-0.39, 0.29) is 30.2 Å². The molecule has 0 bridgehead atoms. The Morgan fingerprint density at radius 1 is 1.39 bits per heavy atom. The molecule has 2 aliphatic heterocycles. The van der Waals surface area contributed by atoms with E-state index in [1.807, 2.05) is 4.90 Å². The van der Waals surface area contributed by atoms with E-state index in [0.29, 0.717) is 12.1 Å². The largest absolute Gasteiger partial charge is 0.330 e. The molecule has 1 atom stereocenters. The number of hydrogen-bond acceptors (Lipinski definition) is 2. The number of carbonyl (C=O) groups is 1. The van der Waals surface area contributed by atoms with Gasteiger partial charge >= 0.3 is 0 Å². The average molecular weight is 271 g/mol. The van der Waals surface area contributed by atoms with Gasteiger partial charge in [-0.15, -0.1) is 12.4 Å². The fourth-order valence-electron chi connectivity index (χ4n) is 2.71. The monoisotopic (exact) mass is 270 g/mol. The highest BCUT2D eigenvalue weighted by Crippen LogP contribution is 2.27. The fraction of sp³-hybridized carbons (Fsp3) is 0.462. The Morgan fingerprint density at radius 2 is 2.22 bits per heavy atom. The first kappa shape index (κ1) is 13.3. The number of nitrogens with one attached hydrogen (secondary N) is 1. The first-order valence-corrected chi connectivity index (χ1v) is 6.06. The molecule has 3 nitrogen and oxygen atoms in total. The van der Waals surface area contributed by atoms with Crippen molar-refractivity contribution in [3.05, 3.63) is 35.1 Å². The molecule has 1 aromatic rings. The second-order valence-electron chi connectivity index (χ2n) is 4.73. The number of hydrogen-bond donors (Lipinski definition) is 1. The first-order chi connectivity index (χ1) is 8.25. The predicted octanol–water partition coefficient (Wildman–Crippen LogP) is 1.96. The van der Waals surface area contributed by atoms with Crippen LogP contribution in [0.3, 0.4) is 0 Å². The summed E-state index contributed by atoms with van der Waals surface area (Å²) in [6, 6.07) is 4.69. The van der Waals surface area contributed by atoms with Crippen LogP contribution in [-0.4, -0.2) is 29.9 Å². The molecular formula is C13H16ClFN2O. The maximum atomic E-state index is 13.1. The van der Waals surface area contributed by atoms with E-state index < -0.39 is 0 Å². The molecule has 0 spiro atoms. The molecule has 0 radical (unpaired) electrons. The van der Waals surface area contributed by atoms with Gasteiger partial charge in [0.05, 0.1) is 0 Å². The molecule has 1 amide bonds. The molecular weight excluding hydrogens is 255 g/mol. The Labute approximate surface area is 112 Å². The SMILES string of the molecule is Cl.O=C1c2ccc(F)cc2CN1[C@H]1CCCNC1. The fourth-order valence-corrected chi connectivity index (χ4v) is 2.71. The molecule has 1 saturated heterocycles. The lowest BCUT2D eigenvalue weighted by molar-refractivity contribution is 0.0674. The van der Waals surface area contributed by atoms with Crippen LogP contribution < -0.4 is 5.32 Å². The van der Waals surface area contributed by atoms with Crippen LogP contribution in [0.15, 0.2) is 18.2 Å². The molecule has 1 aromatic carbocycles. The summed E-state index contributed by atoms with van der Waals surface area (Å²) < 4.78 is 13.1. The van der Waals surface area contributed by atoms with Crippen molar-refractivity contribution < 1.29 is 9.18 Å². The number of rotatable bonds is 1. The van der Waals surface area contributed by atoms with Crippen LogP contribution in [0.25, 0.3) is 0 Å². The van der Waals surface area contributed by atoms with Crippen LogP contribution in [0.2, 0.25) is 0 Å². The number of benzene rings is 1. The van der Waals surface area contributed by atoms with E-state index in [0.717, 1.165) is 31.5 Å². The molecule has 0 unspecified atom stereocenters. The summed E-state index contributed by atoms with van der Waals surface area (Å²) in [4.78, 5) is 14.1. The maximum absolute atomic E-state index is 13.1. The molecule has 0 saturated carbocycles. The van der Waals surface area contributed by atoms with Gasteiger partial charge in [-0.25, -0.2) is 4.39 Å². The standard InChI is InChI=1S/C13H15FN2O.ClH/c14-10-3-4-12-9(6-10)8-16(13(12)17)11-2-1-5-15-7-11;/h3-4,6,11,15H,1-2,5,7-8H2;1H/t11-;/m0./s1. The molecule has 2 heterocycles. The Balaban J connectivity index is 0.00000120. The highest BCUT2D eigenvalue weighted by Gasteiger charge is 2.33. The summed E-state index contributed by atoms with van der Waals surface area (Å²) in [5.74, 6) is -0.214. The minimum Gasteiger partial charge on any atom is -0.330 e. The third-order valence-electron chi connectivity index (χ3n) is 3.61. The van der Waals surface area contributed by atoms with E-state index in [2.05, 4.69) is 5.32 Å². The Bertz CT molecular complexity index is 460. The van der Waals surface area contributed by atoms with Gasteiger partial charge in [-0.3, -0.25) is 4.79 Å². The van der Waals surface area contributed by atoms with E-state index in [4.69, 9.17) is 0 Å². The van der Waals surface area contributed by atoms with Crippen LogP contribution in [0.1, 0.15) is 28.8 Å². The lowest BCUT2D eigenvalue weighted by atomic mass is 10.1. The highest BCUT2D eigenvalue weighted by atomic mass is 35.5. The third-order valence-corrected chi connectivity index (χ3v) is 3.61. The van der Waals surface area contributed by atoms with Gasteiger partial charge in [0, 0.05) is 24.7 Å². The van der Waals surface area contributed by atoms with E-state index in [9.17, 15) is 9.18 Å². The van der Waals surface area contributed by atoms with Crippen LogP contribution in [0.5, 0.6) is 0 Å². The minimum atomic E-state index is -0.264. The highest BCUT2D eigenvalue weighted by molar-refractivity contribution is 5.98. The zero-order valence-electron chi connectivity index (χ0n) is 9.99. The average Bonchev–Trinajstić information content (AvgIpc) is 2.67. The van der Waals surface area contributed by atoms with Crippen LogP contribution >= 0.6 is 12.4 Å². The molecule has 1 fully saturated rings. The summed E-state index contributed by atoms with van der Waals surface area (Å²) in [6.45, 7) is 2.43. The Morgan fingerprint density at radius 3 is 2.94 bits per heavy atom. The van der Waals surface area contributed by atoms with Gasteiger partial charge < -0.3 is 10.2 Å². The zero-order chi connectivity index (χ0) is 11.8. The number of piperidine rings is 1. The van der Waals surface area contributed by atoms with Crippen molar-refractivity contribution in [2.24, 2.45) is 0 Å². The quantitative estimate of drug-likeness (QED) is 0.846. The van der Waals surface area contributed by atoms with Crippen molar-refractivity contribution in [1.29, 1.82) is 0 Å². The molecule has 5 heteroatoms. The van der Waals surface area contributed by atoms with Crippen LogP contribution in [0, 0.1) is 5.82 Å². The molecule has 0 aromatic heterocycles. The van der Waals surface area contributed by atoms with Crippen molar-refractivity contribution in [1.82, 2.24) is 10.2 Å². The summed E-state index contributed by atoms with van der Waals surface area (Å²) in [5, 5.41) is 3.30. The van der Waals surface area contributed by atoms with E-state index in [1.165, 1.54) is 12.1 Å². The Kier molecular flexibility index (Phi) is 3.88. The zero-order valence-corrected chi connectivity index (χ0v) is 10.8. The van der Waals surface area contributed by atoms with E-state index in [1.54, 1.807) is 6.07 Å². The van der Waals surface area contributed by atoms with Crippen LogP contribution in [-0.2, 0) is 6.54 Å². The van der Waals surface area contributed by atoms with Gasteiger partial charge in [0.25, 0.3) is 5.91 Å². The number of carbonyl (C=O) groups excluding carboxylic acids is 1. The number of fused-ring (bicyclic) bond motifs is 1. The van der Waals surface area contributed by atoms with Crippen molar-refractivity contribution in [2.45, 2.75) is 25.4 Å². The van der Waals surface area contributed by atoms with Gasteiger partial charge in [0.2, 0.25) is 0 Å². The molecule has 1 N–H and O–H groups in total. The molecule has 98 valence electrons. The van der Waals surface area contributed by atoms with Gasteiger partial charge in [-0.1, -0.05) is 0 Å². The van der Waals surface area contributed by atoms with Crippen molar-refractivity contribution in [3.8, 4) is 0 Å². The maximum Gasteiger partial charge on any atom is 0.254 e. The molecule has 2 aliphatic rings. The predicted molar refractivity (Wildman–Crippen MR) is 69.4 cm³/mol. The first-order valence-electron chi connectivity index (χ1n) is 6.06. The number of amides is 1. The van der Waals surface area contributed by atoms with Crippen molar-refractivity contribution in [3.63, 3.8) is 0 Å². The third kappa shape index (κ3) is 2.22. The van der Waals surface area contributed by atoms with Gasteiger partial charge in [0.15, 0.2) is 0 Å². The molecule has 3 rings (SSSR count). The van der Waals surface area contributed by atoms with Crippen molar-refractivity contribution in [2.75, 3.05) is 13.1 Å². The smallest absolute Gasteiger partial charge is 0.254 e. The van der Waals surface area contributed by atoms with Gasteiger partial charge in [-0.2, -0.15) is 0 Å². The minimum absolute atomic E-state index is 0. The Hall–Kier alpha value is -1.13. The summed E-state index contributed by atoms with van der Waals surface area (Å²) in [5.41, 5.74) is 1.48. The van der Waals surface area contributed by atoms with Gasteiger partial charge in [0.1, 0.15) is 5.82 Å². The normalized spacial score (nSPS) is 22.6. The van der Waals surface area contributed by atoms with Gasteiger partial charge in [-0.05, 0) is 43.1 Å². The molecule has 18 heavy (non-hydrogen) atoms. The van der Waals surface area contributed by atoms with Crippen LogP contribution in [0.4, 0.5) is 4.39 Å². The second kappa shape index (κ2) is 5.24. The van der Waals surface area contributed by atoms with Crippen molar-refractivity contribution >= 4 is 18.3 Å². The second-order valence-corrected chi connectivity index (χ2v) is 4.73. The molecule has 0 aliphatic carbocycles. The summed E-state index contributed by atoms with van der Waals surface area (Å²) >= 11 is 0. The summed E-state index contributed by atoms with van der Waals surface area (Å²) in [6.07, 6.45) is 2.13. The lowest BCUT2D eigenvalue weighted by Crippen LogP contribution is -2.46. The van der Waals surface area contributed by atoms with E-state index >= 15 is 0 Å².